The third-order valence-electron chi connectivity index (χ3n) is 1.74. The van der Waals surface area contributed by atoms with Gasteiger partial charge in [0.15, 0.2) is 0 Å². The normalized spacial score (nSPS) is 14.6. The quantitative estimate of drug-likeness (QED) is 0.612. The predicted molar refractivity (Wildman–Crippen MR) is 46.5 cm³/mol. The van der Waals surface area contributed by atoms with E-state index in [-0.39, 0.29) is 18.3 Å². The summed E-state index contributed by atoms with van der Waals surface area (Å²) in [6.45, 7) is 1.96. The molecule has 0 bridgehead atoms. The average molecular weight is 196 g/mol. The molecule has 1 atom stereocenters. The van der Waals surface area contributed by atoms with E-state index in [0.717, 1.165) is 12.8 Å². The first-order chi connectivity index (χ1) is 5.49. The molecule has 0 aromatic carbocycles. The monoisotopic (exact) mass is 196 g/mol. The molecule has 0 aromatic heterocycles. The van der Waals surface area contributed by atoms with Crippen molar-refractivity contribution < 1.29 is 18.1 Å². The molecule has 0 aromatic rings. The van der Waals surface area contributed by atoms with E-state index >= 15 is 0 Å². The number of rotatable bonds is 6. The lowest BCUT2D eigenvalue weighted by Gasteiger charge is -2.10. The number of hydrogen-bond donors (Lipinski definition) is 2. The van der Waals surface area contributed by atoms with Crippen LogP contribution in [-0.2, 0) is 10.1 Å². The molecule has 0 aliphatic heterocycles. The lowest BCUT2D eigenvalue weighted by molar-refractivity contribution is 0.214. The summed E-state index contributed by atoms with van der Waals surface area (Å²) < 4.78 is 29.1. The summed E-state index contributed by atoms with van der Waals surface area (Å²) >= 11 is 0. The zero-order valence-corrected chi connectivity index (χ0v) is 8.05. The third-order valence-corrected chi connectivity index (χ3v) is 2.49. The van der Waals surface area contributed by atoms with Crippen molar-refractivity contribution in [2.24, 2.45) is 5.92 Å². The van der Waals surface area contributed by atoms with E-state index in [9.17, 15) is 8.42 Å². The van der Waals surface area contributed by atoms with Crippen LogP contribution in [0.5, 0.6) is 0 Å². The van der Waals surface area contributed by atoms with Crippen LogP contribution in [0.1, 0.15) is 26.2 Å². The van der Waals surface area contributed by atoms with Crippen molar-refractivity contribution in [2.75, 3.05) is 12.4 Å². The van der Waals surface area contributed by atoms with Gasteiger partial charge in [0.1, 0.15) is 0 Å². The Kier molecular flexibility index (Phi) is 5.44. The maximum Gasteiger partial charge on any atom is 0.264 e. The Morgan fingerprint density at radius 2 is 1.92 bits per heavy atom. The molecule has 0 rings (SSSR count). The van der Waals surface area contributed by atoms with E-state index < -0.39 is 10.1 Å². The van der Waals surface area contributed by atoms with Gasteiger partial charge in [-0.2, -0.15) is 8.42 Å². The summed E-state index contributed by atoms with van der Waals surface area (Å²) in [6.07, 6.45) is 2.05. The van der Waals surface area contributed by atoms with Crippen LogP contribution in [0.3, 0.4) is 0 Å². The highest BCUT2D eigenvalue weighted by atomic mass is 32.2. The zero-order valence-electron chi connectivity index (χ0n) is 7.23. The van der Waals surface area contributed by atoms with Gasteiger partial charge < -0.3 is 5.11 Å². The van der Waals surface area contributed by atoms with Gasteiger partial charge in [-0.3, -0.25) is 4.55 Å². The van der Waals surface area contributed by atoms with Gasteiger partial charge in [0.05, 0.1) is 5.75 Å². The van der Waals surface area contributed by atoms with E-state index in [2.05, 4.69) is 0 Å². The Bertz CT molecular complexity index is 197. The van der Waals surface area contributed by atoms with E-state index in [4.69, 9.17) is 9.66 Å². The minimum absolute atomic E-state index is 0.00285. The maximum atomic E-state index is 10.3. The van der Waals surface area contributed by atoms with Crippen molar-refractivity contribution in [3.63, 3.8) is 0 Å². The second-order valence-electron chi connectivity index (χ2n) is 2.91. The number of aliphatic hydroxyl groups is 1. The highest BCUT2D eigenvalue weighted by Gasteiger charge is 2.11. The lowest BCUT2D eigenvalue weighted by Crippen LogP contribution is -2.13. The molecule has 0 fully saturated rings. The molecule has 0 saturated carbocycles. The Hall–Kier alpha value is -0.130. The van der Waals surface area contributed by atoms with Crippen molar-refractivity contribution in [1.29, 1.82) is 0 Å². The predicted octanol–water partition coefficient (Wildman–Crippen LogP) is 0.673. The van der Waals surface area contributed by atoms with Crippen molar-refractivity contribution >= 4 is 10.1 Å². The summed E-state index contributed by atoms with van der Waals surface area (Å²) in [5, 5.41) is 8.78. The van der Waals surface area contributed by atoms with Crippen LogP contribution in [0.15, 0.2) is 0 Å². The zero-order chi connectivity index (χ0) is 9.61. The van der Waals surface area contributed by atoms with Gasteiger partial charge in [0, 0.05) is 6.61 Å². The third kappa shape index (κ3) is 6.57. The lowest BCUT2D eigenvalue weighted by atomic mass is 10.0. The van der Waals surface area contributed by atoms with Crippen molar-refractivity contribution in [1.82, 2.24) is 0 Å². The van der Waals surface area contributed by atoms with Crippen LogP contribution < -0.4 is 0 Å². The van der Waals surface area contributed by atoms with Crippen molar-refractivity contribution in [2.45, 2.75) is 26.2 Å². The fourth-order valence-corrected chi connectivity index (χ4v) is 1.68. The van der Waals surface area contributed by atoms with Crippen LogP contribution in [0, 0.1) is 5.92 Å². The summed E-state index contributed by atoms with van der Waals surface area (Å²) in [5.41, 5.74) is 0. The van der Waals surface area contributed by atoms with Crippen LogP contribution >= 0.6 is 0 Å². The largest absolute Gasteiger partial charge is 0.396 e. The fraction of sp³-hybridized carbons (Fsp3) is 1.00. The highest BCUT2D eigenvalue weighted by Crippen LogP contribution is 2.10. The van der Waals surface area contributed by atoms with E-state index in [1.807, 2.05) is 6.92 Å². The first-order valence-electron chi connectivity index (χ1n) is 4.05. The van der Waals surface area contributed by atoms with Gasteiger partial charge in [-0.25, -0.2) is 0 Å². The smallest absolute Gasteiger partial charge is 0.264 e. The Morgan fingerprint density at radius 1 is 1.33 bits per heavy atom. The second-order valence-corrected chi connectivity index (χ2v) is 4.48. The Labute approximate surface area is 73.4 Å². The van der Waals surface area contributed by atoms with E-state index in [0.29, 0.717) is 6.42 Å². The topological polar surface area (TPSA) is 74.6 Å². The van der Waals surface area contributed by atoms with Crippen molar-refractivity contribution in [3.8, 4) is 0 Å². The van der Waals surface area contributed by atoms with Gasteiger partial charge in [-0.05, 0) is 18.8 Å². The molecule has 12 heavy (non-hydrogen) atoms. The molecule has 0 saturated heterocycles. The molecule has 1 unspecified atom stereocenters. The highest BCUT2D eigenvalue weighted by molar-refractivity contribution is 7.85. The maximum absolute atomic E-state index is 10.3. The molecule has 0 radical (unpaired) electrons. The molecule has 4 nitrogen and oxygen atoms in total. The molecule has 0 aliphatic rings. The summed E-state index contributed by atoms with van der Waals surface area (Å²) in [5.74, 6) is -0.255. The Balaban J connectivity index is 3.73. The molecule has 5 heteroatoms. The Morgan fingerprint density at radius 3 is 2.25 bits per heavy atom. The van der Waals surface area contributed by atoms with Gasteiger partial charge in [0.2, 0.25) is 0 Å². The summed E-state index contributed by atoms with van der Waals surface area (Å²) in [6, 6.07) is 0. The minimum atomic E-state index is -3.86. The summed E-state index contributed by atoms with van der Waals surface area (Å²) in [7, 11) is -3.86. The minimum Gasteiger partial charge on any atom is -0.396 e. The van der Waals surface area contributed by atoms with E-state index in [1.54, 1.807) is 0 Å². The van der Waals surface area contributed by atoms with Crippen molar-refractivity contribution in [3.05, 3.63) is 0 Å². The SMILES string of the molecule is CCCC(CO)CCS(=O)(=O)O. The molecular weight excluding hydrogens is 180 g/mol. The molecule has 0 amide bonds. The van der Waals surface area contributed by atoms with Crippen LogP contribution in [0.25, 0.3) is 0 Å². The number of hydrogen-bond acceptors (Lipinski definition) is 3. The van der Waals surface area contributed by atoms with Gasteiger partial charge in [0.25, 0.3) is 10.1 Å². The van der Waals surface area contributed by atoms with E-state index in [1.165, 1.54) is 0 Å². The molecule has 0 spiro atoms. The summed E-state index contributed by atoms with van der Waals surface area (Å²) in [4.78, 5) is 0. The van der Waals surface area contributed by atoms with Crippen LogP contribution in [0.2, 0.25) is 0 Å². The standard InChI is InChI=1S/C7H16O4S/c1-2-3-7(6-8)4-5-12(9,10)11/h7-8H,2-6H2,1H3,(H,9,10,11). The molecule has 0 aliphatic carbocycles. The van der Waals surface area contributed by atoms with Crippen LogP contribution in [0.4, 0.5) is 0 Å². The molecule has 0 heterocycles. The fourth-order valence-electron chi connectivity index (χ4n) is 1.05. The molecular formula is C7H16O4S. The second kappa shape index (κ2) is 5.50. The van der Waals surface area contributed by atoms with Gasteiger partial charge in [-0.15, -0.1) is 0 Å². The van der Waals surface area contributed by atoms with Gasteiger partial charge in [-0.1, -0.05) is 13.3 Å². The van der Waals surface area contributed by atoms with Crippen LogP contribution in [-0.4, -0.2) is 30.4 Å². The molecule has 74 valence electrons. The first-order valence-corrected chi connectivity index (χ1v) is 5.66. The average Bonchev–Trinajstić information content (AvgIpc) is 1.96. The number of aliphatic hydroxyl groups excluding tert-OH is 1. The van der Waals surface area contributed by atoms with Gasteiger partial charge >= 0.3 is 0 Å². The molecule has 2 N–H and O–H groups in total. The first kappa shape index (κ1) is 11.9.